The Bertz CT molecular complexity index is 452. The van der Waals surface area contributed by atoms with E-state index in [2.05, 4.69) is 10.6 Å². The van der Waals surface area contributed by atoms with E-state index in [1.165, 1.54) is 6.92 Å². The van der Waals surface area contributed by atoms with Crippen molar-refractivity contribution in [3.05, 3.63) is 35.4 Å². The first-order chi connectivity index (χ1) is 8.52. The van der Waals surface area contributed by atoms with Crippen molar-refractivity contribution < 1.29 is 14.4 Å². The average molecular weight is 248 g/mol. The highest BCUT2D eigenvalue weighted by molar-refractivity contribution is 5.96. The Labute approximate surface area is 106 Å². The lowest BCUT2D eigenvalue weighted by Crippen LogP contribution is -2.24. The Morgan fingerprint density at radius 2 is 1.72 bits per heavy atom. The van der Waals surface area contributed by atoms with Crippen LogP contribution in [-0.4, -0.2) is 24.6 Å². The van der Waals surface area contributed by atoms with Gasteiger partial charge in [0, 0.05) is 19.2 Å². The maximum absolute atomic E-state index is 11.3. The Morgan fingerprint density at radius 1 is 1.11 bits per heavy atom. The lowest BCUT2D eigenvalue weighted by Gasteiger charge is -2.05. The van der Waals surface area contributed by atoms with Crippen LogP contribution in [0.25, 0.3) is 0 Å². The predicted octanol–water partition coefficient (Wildman–Crippen LogP) is 0.641. The van der Waals surface area contributed by atoms with Crippen LogP contribution in [0.1, 0.15) is 29.3 Å². The molecule has 96 valence electrons. The largest absolute Gasteiger partial charge is 0.355 e. The molecule has 0 fully saturated rings. The third kappa shape index (κ3) is 4.37. The zero-order chi connectivity index (χ0) is 13.5. The molecule has 0 aromatic heterocycles. The lowest BCUT2D eigenvalue weighted by molar-refractivity contribution is -0.127. The number of hydrogen-bond acceptors (Lipinski definition) is 3. The molecule has 2 N–H and O–H groups in total. The van der Waals surface area contributed by atoms with Crippen LogP contribution >= 0.6 is 0 Å². The maximum Gasteiger partial charge on any atom is 0.251 e. The maximum atomic E-state index is 11.3. The van der Waals surface area contributed by atoms with E-state index in [-0.39, 0.29) is 24.0 Å². The summed E-state index contributed by atoms with van der Waals surface area (Å²) in [7, 11) is 1.57. The molecule has 0 aliphatic rings. The molecular formula is C13H16N2O3. The third-order valence-corrected chi connectivity index (χ3v) is 2.34. The highest BCUT2D eigenvalue weighted by atomic mass is 16.2. The van der Waals surface area contributed by atoms with E-state index in [0.29, 0.717) is 12.1 Å². The molecule has 1 rings (SSSR count). The minimum atomic E-state index is -0.294. The Hall–Kier alpha value is -2.17. The van der Waals surface area contributed by atoms with Gasteiger partial charge >= 0.3 is 0 Å². The second kappa shape index (κ2) is 6.54. The van der Waals surface area contributed by atoms with Gasteiger partial charge in [-0.25, -0.2) is 0 Å². The van der Waals surface area contributed by atoms with Crippen LogP contribution < -0.4 is 10.6 Å². The SMILES string of the molecule is CNC(=O)c1ccc(CNC(=O)CC(C)=O)cc1. The molecule has 0 aliphatic heterocycles. The van der Waals surface area contributed by atoms with Crippen molar-refractivity contribution >= 4 is 17.6 Å². The van der Waals surface area contributed by atoms with Gasteiger partial charge in [-0.2, -0.15) is 0 Å². The van der Waals surface area contributed by atoms with E-state index in [1.54, 1.807) is 31.3 Å². The van der Waals surface area contributed by atoms with Crippen LogP contribution in [0, 0.1) is 0 Å². The van der Waals surface area contributed by atoms with Crippen molar-refractivity contribution in [2.24, 2.45) is 0 Å². The quantitative estimate of drug-likeness (QED) is 0.751. The first-order valence-corrected chi connectivity index (χ1v) is 5.60. The smallest absolute Gasteiger partial charge is 0.251 e. The molecule has 1 aromatic carbocycles. The number of hydrogen-bond donors (Lipinski definition) is 2. The van der Waals surface area contributed by atoms with Gasteiger partial charge < -0.3 is 10.6 Å². The fourth-order valence-electron chi connectivity index (χ4n) is 1.41. The molecule has 0 aliphatic carbocycles. The normalized spacial score (nSPS) is 9.67. The van der Waals surface area contributed by atoms with Crippen molar-refractivity contribution in [1.82, 2.24) is 10.6 Å². The molecule has 5 nitrogen and oxygen atoms in total. The number of nitrogens with one attached hydrogen (secondary N) is 2. The minimum absolute atomic E-state index is 0.101. The number of Topliss-reactive ketones (excluding diaryl/α,β-unsaturated/α-hetero) is 1. The van der Waals surface area contributed by atoms with E-state index in [4.69, 9.17) is 0 Å². The highest BCUT2D eigenvalue weighted by Crippen LogP contribution is 2.04. The molecule has 0 saturated carbocycles. The molecule has 0 spiro atoms. The molecule has 1 aromatic rings. The summed E-state index contributed by atoms with van der Waals surface area (Å²) >= 11 is 0. The number of ketones is 1. The van der Waals surface area contributed by atoms with Gasteiger partial charge in [0.05, 0.1) is 6.42 Å². The number of carbonyl (C=O) groups excluding carboxylic acids is 3. The van der Waals surface area contributed by atoms with E-state index in [1.807, 2.05) is 0 Å². The van der Waals surface area contributed by atoms with Gasteiger partial charge in [-0.3, -0.25) is 14.4 Å². The monoisotopic (exact) mass is 248 g/mol. The molecule has 0 atom stereocenters. The first kappa shape index (κ1) is 13.9. The summed E-state index contributed by atoms with van der Waals surface area (Å²) in [6.07, 6.45) is -0.101. The second-order valence-electron chi connectivity index (χ2n) is 3.93. The van der Waals surface area contributed by atoms with Gasteiger partial charge in [-0.15, -0.1) is 0 Å². The van der Waals surface area contributed by atoms with Crippen LogP contribution in [0.15, 0.2) is 24.3 Å². The minimum Gasteiger partial charge on any atom is -0.355 e. The summed E-state index contributed by atoms with van der Waals surface area (Å²) in [4.78, 5) is 33.3. The Kier molecular flexibility index (Phi) is 5.05. The molecular weight excluding hydrogens is 232 g/mol. The van der Waals surface area contributed by atoms with Crippen molar-refractivity contribution in [2.45, 2.75) is 19.9 Å². The van der Waals surface area contributed by atoms with Gasteiger partial charge in [0.1, 0.15) is 5.78 Å². The van der Waals surface area contributed by atoms with Gasteiger partial charge in [-0.1, -0.05) is 12.1 Å². The summed E-state index contributed by atoms with van der Waals surface area (Å²) in [5.74, 6) is -0.609. The second-order valence-corrected chi connectivity index (χ2v) is 3.93. The molecule has 18 heavy (non-hydrogen) atoms. The summed E-state index contributed by atoms with van der Waals surface area (Å²) in [6, 6.07) is 6.90. The summed E-state index contributed by atoms with van der Waals surface area (Å²) in [6.45, 7) is 1.72. The van der Waals surface area contributed by atoms with Gasteiger partial charge in [0.15, 0.2) is 0 Å². The molecule has 0 heterocycles. The summed E-state index contributed by atoms with van der Waals surface area (Å²) in [5, 5.41) is 5.16. The first-order valence-electron chi connectivity index (χ1n) is 5.60. The van der Waals surface area contributed by atoms with Gasteiger partial charge in [0.25, 0.3) is 5.91 Å². The van der Waals surface area contributed by atoms with E-state index >= 15 is 0 Å². The number of carbonyl (C=O) groups is 3. The van der Waals surface area contributed by atoms with Crippen molar-refractivity contribution in [1.29, 1.82) is 0 Å². The topological polar surface area (TPSA) is 75.3 Å². The zero-order valence-electron chi connectivity index (χ0n) is 10.4. The van der Waals surface area contributed by atoms with Crippen molar-refractivity contribution in [2.75, 3.05) is 7.05 Å². The summed E-state index contributed by atoms with van der Waals surface area (Å²) in [5.41, 5.74) is 1.44. The average Bonchev–Trinajstić information content (AvgIpc) is 2.35. The third-order valence-electron chi connectivity index (χ3n) is 2.34. The van der Waals surface area contributed by atoms with Crippen LogP contribution in [0.5, 0.6) is 0 Å². The number of benzene rings is 1. The van der Waals surface area contributed by atoms with E-state index in [9.17, 15) is 14.4 Å². The molecule has 0 bridgehead atoms. The van der Waals surface area contributed by atoms with Crippen LogP contribution in [0.3, 0.4) is 0 Å². The lowest BCUT2D eigenvalue weighted by atomic mass is 10.1. The van der Waals surface area contributed by atoms with Gasteiger partial charge in [0.2, 0.25) is 5.91 Å². The predicted molar refractivity (Wildman–Crippen MR) is 67.0 cm³/mol. The van der Waals surface area contributed by atoms with Crippen LogP contribution in [0.4, 0.5) is 0 Å². The molecule has 5 heteroatoms. The highest BCUT2D eigenvalue weighted by Gasteiger charge is 2.05. The standard InChI is InChI=1S/C13H16N2O3/c1-9(16)7-12(17)15-8-10-3-5-11(6-4-10)13(18)14-2/h3-6H,7-8H2,1-2H3,(H,14,18)(H,15,17). The van der Waals surface area contributed by atoms with Crippen molar-refractivity contribution in [3.63, 3.8) is 0 Å². The van der Waals surface area contributed by atoms with Gasteiger partial charge in [-0.05, 0) is 24.6 Å². The Balaban J connectivity index is 2.51. The molecule has 0 radical (unpaired) electrons. The fraction of sp³-hybridized carbons (Fsp3) is 0.308. The number of amides is 2. The Morgan fingerprint density at radius 3 is 2.22 bits per heavy atom. The van der Waals surface area contributed by atoms with E-state index in [0.717, 1.165) is 5.56 Å². The van der Waals surface area contributed by atoms with E-state index < -0.39 is 0 Å². The fourth-order valence-corrected chi connectivity index (χ4v) is 1.41. The molecule has 0 saturated heterocycles. The summed E-state index contributed by atoms with van der Waals surface area (Å²) < 4.78 is 0. The van der Waals surface area contributed by atoms with Crippen molar-refractivity contribution in [3.8, 4) is 0 Å². The zero-order valence-corrected chi connectivity index (χ0v) is 10.4. The van der Waals surface area contributed by atoms with Crippen LogP contribution in [-0.2, 0) is 16.1 Å². The number of rotatable bonds is 5. The molecule has 2 amide bonds. The molecule has 0 unspecified atom stereocenters. The van der Waals surface area contributed by atoms with Crippen LogP contribution in [0.2, 0.25) is 0 Å².